The van der Waals surface area contributed by atoms with Crippen LogP contribution in [0, 0.1) is 17.2 Å². The number of aromatic nitrogens is 3. The lowest BCUT2D eigenvalue weighted by atomic mass is 9.88. The van der Waals surface area contributed by atoms with Gasteiger partial charge in [-0.2, -0.15) is 5.26 Å². The van der Waals surface area contributed by atoms with Gasteiger partial charge in [-0.3, -0.25) is 0 Å². The van der Waals surface area contributed by atoms with Crippen molar-refractivity contribution >= 4 is 23.1 Å². The summed E-state index contributed by atoms with van der Waals surface area (Å²) in [6, 6.07) is 2.62. The fraction of sp³-hybridized carbons (Fsp3) is 0.632. The molecule has 1 aliphatic heterocycles. The van der Waals surface area contributed by atoms with Crippen LogP contribution in [0.25, 0.3) is 5.52 Å². The van der Waals surface area contributed by atoms with Gasteiger partial charge in [0.05, 0.1) is 22.5 Å². The molecule has 2 fully saturated rings. The minimum Gasteiger partial charge on any atom is -0.381 e. The third kappa shape index (κ3) is 3.15. The molecular formula is C19H24ClN5O. The van der Waals surface area contributed by atoms with Gasteiger partial charge in [0.2, 0.25) is 5.95 Å². The van der Waals surface area contributed by atoms with Crippen molar-refractivity contribution in [2.75, 3.05) is 18.5 Å². The topological polar surface area (TPSA) is 75.2 Å². The minimum absolute atomic E-state index is 0.248. The summed E-state index contributed by atoms with van der Waals surface area (Å²) < 4.78 is 7.26. The molecule has 4 rings (SSSR count). The van der Waals surface area contributed by atoms with Crippen molar-refractivity contribution in [3.05, 3.63) is 22.5 Å². The van der Waals surface area contributed by atoms with Crippen molar-refractivity contribution in [1.82, 2.24) is 14.6 Å². The third-order valence-corrected chi connectivity index (χ3v) is 6.25. The molecule has 7 heteroatoms. The van der Waals surface area contributed by atoms with E-state index in [0.717, 1.165) is 31.7 Å². The lowest BCUT2D eigenvalue weighted by molar-refractivity contribution is 0.0903. The molecule has 26 heavy (non-hydrogen) atoms. The Hall–Kier alpha value is -1.84. The van der Waals surface area contributed by atoms with Crippen molar-refractivity contribution in [2.45, 2.75) is 57.4 Å². The maximum absolute atomic E-state index is 9.70. The van der Waals surface area contributed by atoms with Crippen molar-refractivity contribution in [2.24, 2.45) is 5.92 Å². The summed E-state index contributed by atoms with van der Waals surface area (Å²) in [6.07, 6.45) is 8.55. The number of anilines is 1. The molecule has 2 aromatic heterocycles. The van der Waals surface area contributed by atoms with Gasteiger partial charge >= 0.3 is 0 Å². The van der Waals surface area contributed by atoms with E-state index in [1.165, 1.54) is 25.7 Å². The SMILES string of the molecule is CC(c1c(C#N)c(Cl)c2cnc(NC3CCOCC3)nn12)C1CCCC1. The zero-order valence-electron chi connectivity index (χ0n) is 15.0. The molecule has 1 saturated heterocycles. The highest BCUT2D eigenvalue weighted by molar-refractivity contribution is 6.35. The number of rotatable bonds is 4. The largest absolute Gasteiger partial charge is 0.381 e. The predicted octanol–water partition coefficient (Wildman–Crippen LogP) is 4.14. The summed E-state index contributed by atoms with van der Waals surface area (Å²) in [4.78, 5) is 4.43. The predicted molar refractivity (Wildman–Crippen MR) is 101 cm³/mol. The molecule has 2 aromatic rings. The average Bonchev–Trinajstić information content (AvgIpc) is 3.29. The third-order valence-electron chi connectivity index (χ3n) is 5.87. The summed E-state index contributed by atoms with van der Waals surface area (Å²) in [5, 5.41) is 18.3. The number of halogens is 1. The standard InChI is InChI=1S/C19H24ClN5O/c1-12(13-4-2-3-5-13)18-15(10-21)17(20)16-11-22-19(24-25(16)18)23-14-6-8-26-9-7-14/h11-14H,2-9H2,1H3,(H,23,24). The maximum Gasteiger partial charge on any atom is 0.241 e. The van der Waals surface area contributed by atoms with Gasteiger partial charge in [0.15, 0.2) is 0 Å². The summed E-state index contributed by atoms with van der Waals surface area (Å²) >= 11 is 6.50. The van der Waals surface area contributed by atoms with E-state index in [2.05, 4.69) is 23.3 Å². The van der Waals surface area contributed by atoms with Crippen LogP contribution in [0.1, 0.15) is 62.6 Å². The molecule has 1 N–H and O–H groups in total. The Labute approximate surface area is 158 Å². The highest BCUT2D eigenvalue weighted by atomic mass is 35.5. The molecule has 1 aliphatic carbocycles. The molecule has 1 saturated carbocycles. The van der Waals surface area contributed by atoms with E-state index in [1.807, 2.05) is 4.52 Å². The molecule has 1 atom stereocenters. The monoisotopic (exact) mass is 373 g/mol. The zero-order chi connectivity index (χ0) is 18.1. The number of hydrogen-bond donors (Lipinski definition) is 1. The number of nitrogens with one attached hydrogen (secondary N) is 1. The smallest absolute Gasteiger partial charge is 0.241 e. The summed E-state index contributed by atoms with van der Waals surface area (Å²) in [5.74, 6) is 1.41. The Morgan fingerprint density at radius 2 is 2.04 bits per heavy atom. The van der Waals surface area contributed by atoms with Crippen LogP contribution in [0.3, 0.4) is 0 Å². The van der Waals surface area contributed by atoms with Gasteiger partial charge < -0.3 is 10.1 Å². The Bertz CT molecular complexity index is 831. The van der Waals surface area contributed by atoms with Crippen LogP contribution in [0.5, 0.6) is 0 Å². The van der Waals surface area contributed by atoms with Crippen LogP contribution in [0.15, 0.2) is 6.20 Å². The van der Waals surface area contributed by atoms with E-state index in [9.17, 15) is 5.26 Å². The highest BCUT2D eigenvalue weighted by Gasteiger charge is 2.30. The molecular weight excluding hydrogens is 350 g/mol. The molecule has 0 aromatic carbocycles. The molecule has 138 valence electrons. The number of nitrogens with zero attached hydrogens (tertiary/aromatic N) is 4. The first-order valence-corrected chi connectivity index (χ1v) is 9.88. The van der Waals surface area contributed by atoms with Gasteiger partial charge in [-0.15, -0.1) is 5.10 Å². The fourth-order valence-electron chi connectivity index (χ4n) is 4.33. The van der Waals surface area contributed by atoms with Gasteiger partial charge in [0.1, 0.15) is 11.6 Å². The molecule has 0 spiro atoms. The lowest BCUT2D eigenvalue weighted by Crippen LogP contribution is -2.29. The minimum atomic E-state index is 0.248. The molecule has 0 radical (unpaired) electrons. The molecule has 1 unspecified atom stereocenters. The number of fused-ring (bicyclic) bond motifs is 1. The molecule has 6 nitrogen and oxygen atoms in total. The highest BCUT2D eigenvalue weighted by Crippen LogP contribution is 2.41. The summed E-state index contributed by atoms with van der Waals surface area (Å²) in [7, 11) is 0. The lowest BCUT2D eigenvalue weighted by Gasteiger charge is -2.23. The van der Waals surface area contributed by atoms with E-state index in [4.69, 9.17) is 21.4 Å². The molecule has 3 heterocycles. The first-order chi connectivity index (χ1) is 12.7. The van der Waals surface area contributed by atoms with E-state index in [1.54, 1.807) is 6.20 Å². The van der Waals surface area contributed by atoms with Crippen LogP contribution in [0.4, 0.5) is 5.95 Å². The molecule has 0 bridgehead atoms. The second-order valence-corrected chi connectivity index (χ2v) is 7.81. The van der Waals surface area contributed by atoms with Crippen molar-refractivity contribution in [3.63, 3.8) is 0 Å². The summed E-state index contributed by atoms with van der Waals surface area (Å²) in [6.45, 7) is 3.72. The van der Waals surface area contributed by atoms with Crippen LogP contribution < -0.4 is 5.32 Å². The maximum atomic E-state index is 9.70. The zero-order valence-corrected chi connectivity index (χ0v) is 15.8. The Morgan fingerprint density at radius 3 is 2.73 bits per heavy atom. The Morgan fingerprint density at radius 1 is 1.31 bits per heavy atom. The van der Waals surface area contributed by atoms with Gasteiger partial charge in [-0.05, 0) is 31.6 Å². The normalized spacial score (nSPS) is 20.3. The second-order valence-electron chi connectivity index (χ2n) is 7.43. The first-order valence-electron chi connectivity index (χ1n) is 9.50. The quantitative estimate of drug-likeness (QED) is 0.871. The number of nitriles is 1. The number of ether oxygens (including phenoxy) is 1. The van der Waals surface area contributed by atoms with Crippen LogP contribution >= 0.6 is 11.6 Å². The first kappa shape index (κ1) is 17.6. The average molecular weight is 374 g/mol. The fourth-order valence-corrected chi connectivity index (χ4v) is 4.60. The van der Waals surface area contributed by atoms with E-state index < -0.39 is 0 Å². The van der Waals surface area contributed by atoms with E-state index in [-0.39, 0.29) is 5.92 Å². The van der Waals surface area contributed by atoms with Gasteiger partial charge in [-0.25, -0.2) is 9.50 Å². The van der Waals surface area contributed by atoms with Gasteiger partial charge in [-0.1, -0.05) is 31.4 Å². The Balaban J connectivity index is 1.73. The van der Waals surface area contributed by atoms with Gasteiger partial charge in [0.25, 0.3) is 0 Å². The molecule has 2 aliphatic rings. The van der Waals surface area contributed by atoms with Crippen molar-refractivity contribution in [3.8, 4) is 6.07 Å². The molecule has 0 amide bonds. The van der Waals surface area contributed by atoms with Crippen molar-refractivity contribution < 1.29 is 4.74 Å². The van der Waals surface area contributed by atoms with Crippen LogP contribution in [-0.2, 0) is 4.74 Å². The van der Waals surface area contributed by atoms with Crippen LogP contribution in [-0.4, -0.2) is 33.9 Å². The van der Waals surface area contributed by atoms with E-state index >= 15 is 0 Å². The summed E-state index contributed by atoms with van der Waals surface area (Å²) in [5.41, 5.74) is 2.18. The number of hydrogen-bond acceptors (Lipinski definition) is 5. The second kappa shape index (κ2) is 7.42. The van der Waals surface area contributed by atoms with Crippen LogP contribution in [0.2, 0.25) is 5.02 Å². The van der Waals surface area contributed by atoms with Gasteiger partial charge in [0, 0.05) is 25.2 Å². The van der Waals surface area contributed by atoms with E-state index in [0.29, 0.717) is 34.0 Å². The Kier molecular flexibility index (Phi) is 5.01. The van der Waals surface area contributed by atoms with Crippen molar-refractivity contribution in [1.29, 1.82) is 5.26 Å².